The molecule has 1 aliphatic heterocycles. The molecule has 0 aliphatic carbocycles. The smallest absolute Gasteiger partial charge is 0.257 e. The number of likely N-dealkylation sites (N-methyl/N-ethyl adjacent to an activating group) is 2. The number of ketones is 5. The summed E-state index contributed by atoms with van der Waals surface area (Å²) in [6, 6.07) is 33.5. The van der Waals surface area contributed by atoms with E-state index in [0.717, 1.165) is 44.5 Å². The van der Waals surface area contributed by atoms with Crippen LogP contribution in [-0.4, -0.2) is 181 Å². The van der Waals surface area contributed by atoms with Crippen LogP contribution in [0.1, 0.15) is 95.9 Å². The van der Waals surface area contributed by atoms with Crippen LogP contribution in [0.25, 0.3) is 53.9 Å². The van der Waals surface area contributed by atoms with Crippen LogP contribution in [-0.2, 0) is 0 Å². The molecule has 15 N–H and O–H groups in total. The number of likely N-dealkylation sites (tertiary alicyclic amines) is 1. The fraction of sp³-hybridized carbons (Fsp3) is 0.306. The van der Waals surface area contributed by atoms with Gasteiger partial charge >= 0.3 is 0 Å². The van der Waals surface area contributed by atoms with Gasteiger partial charge in [-0.3, -0.25) is 52.8 Å². The largest absolute Gasteiger partial charge is 0.385 e. The number of nitrogens with two attached hydrogens (primary N) is 5. The molecule has 1 fully saturated rings. The Morgan fingerprint density at radius 3 is 1.04 bits per heavy atom. The van der Waals surface area contributed by atoms with Gasteiger partial charge in [-0.25, -0.2) is 0 Å². The Balaban J connectivity index is 0.000000171. The van der Waals surface area contributed by atoms with Gasteiger partial charge in [0.1, 0.15) is 29.1 Å². The van der Waals surface area contributed by atoms with E-state index in [1.54, 1.807) is 113 Å². The number of nitrogens with zero attached hydrogens (tertiary/aromatic N) is 5. The number of aromatic amines is 5. The third-order valence-corrected chi connectivity index (χ3v) is 16.0. The first-order chi connectivity index (χ1) is 46.1. The molecule has 1 saturated heterocycles. The third kappa shape index (κ3) is 18.6. The number of carbonyl (C=O) groups is 5. The second kappa shape index (κ2) is 33.6. The molecule has 25 heteroatoms. The highest BCUT2D eigenvalue weighted by Gasteiger charge is 2.23. The Bertz CT molecular complexity index is 4870. The van der Waals surface area contributed by atoms with Crippen LogP contribution in [0.2, 0.25) is 0 Å². The number of rotatable bonds is 18. The van der Waals surface area contributed by atoms with Crippen molar-refractivity contribution in [2.75, 3.05) is 131 Å². The van der Waals surface area contributed by atoms with E-state index in [4.69, 9.17) is 28.7 Å². The fourth-order valence-electron chi connectivity index (χ4n) is 11.5. The molecule has 1 aliphatic rings. The van der Waals surface area contributed by atoms with Crippen molar-refractivity contribution < 1.29 is 24.0 Å². The minimum absolute atomic E-state index is 0.0261. The Labute approximate surface area is 559 Å². The highest BCUT2D eigenvalue weighted by Crippen LogP contribution is 2.27. The lowest BCUT2D eigenvalue weighted by Crippen LogP contribution is -2.35. The maximum atomic E-state index is 12.6. The summed E-state index contributed by atoms with van der Waals surface area (Å²) < 4.78 is 0. The molecule has 0 amide bonds. The second-order valence-electron chi connectivity index (χ2n) is 24.8. The predicted octanol–water partition coefficient (Wildman–Crippen LogP) is 6.68. The summed E-state index contributed by atoms with van der Waals surface area (Å²) >= 11 is 0. The molecule has 97 heavy (non-hydrogen) atoms. The first kappa shape index (κ1) is 73.7. The number of benzene rings is 5. The molecule has 25 nitrogen and oxygen atoms in total. The van der Waals surface area contributed by atoms with Gasteiger partial charge in [0, 0.05) is 73.2 Å². The minimum atomic E-state index is -0.274. The number of Topliss-reactive ketones (excluding diaryl/α,β-unsaturated/α-hetero) is 5. The average molecular weight is 1320 g/mol. The third-order valence-electron chi connectivity index (χ3n) is 16.0. The molecule has 5 aromatic carbocycles. The topological polar surface area (TPSA) is 396 Å². The summed E-state index contributed by atoms with van der Waals surface area (Å²) in [6.45, 7) is 6.12. The van der Waals surface area contributed by atoms with Crippen LogP contribution in [0.3, 0.4) is 0 Å². The molecule has 0 saturated carbocycles. The Morgan fingerprint density at radius 2 is 0.670 bits per heavy atom. The van der Waals surface area contributed by atoms with Crippen molar-refractivity contribution in [2.24, 2.45) is 0 Å². The summed E-state index contributed by atoms with van der Waals surface area (Å²) in [5.74, 6) is 0.418. The van der Waals surface area contributed by atoms with Crippen LogP contribution in [0.5, 0.6) is 0 Å². The van der Waals surface area contributed by atoms with Gasteiger partial charge in [-0.1, -0.05) is 91.3 Å². The SMILES string of the molecule is CN(C)CC(=O)c1c(N)[nH]c(=O)c2ccccc12.CN(C)CCC(=O)c1c(N)[nH]c(=O)c2ccccc12.CN(C)CCCC(=O)c1c(N)[nH]c(=O)c2ccccc12.Cc1cccc2c(=O)[nH]c(N)c(C(=O)CN(C)C)c12.Nc1[nH]c(=O)c2ccccc2c1C(=O)CN1CCCCC1. The van der Waals surface area contributed by atoms with Gasteiger partial charge in [0.15, 0.2) is 28.9 Å². The van der Waals surface area contributed by atoms with Gasteiger partial charge in [0.05, 0.1) is 47.5 Å². The first-order valence-corrected chi connectivity index (χ1v) is 31.6. The number of hydrogen-bond donors (Lipinski definition) is 10. The van der Waals surface area contributed by atoms with E-state index in [9.17, 15) is 47.9 Å². The van der Waals surface area contributed by atoms with Gasteiger partial charge in [0.2, 0.25) is 0 Å². The second-order valence-corrected chi connectivity index (χ2v) is 24.8. The molecule has 0 bridgehead atoms. The molecule has 5 aromatic heterocycles. The number of aromatic nitrogens is 5. The van der Waals surface area contributed by atoms with Crippen molar-refractivity contribution in [3.8, 4) is 0 Å². The van der Waals surface area contributed by atoms with E-state index in [1.165, 1.54) is 6.42 Å². The standard InChI is InChI=1S/C16H19N3O2.C15H19N3O2.2C14H17N3O2.C13H15N3O2/c17-15-14(13(20)10-19-8-4-1-5-9-19)11-6-2-3-7-12(11)16(21)18-15;1-18(2)9-5-8-12(19)13-10-6-3-4-7-11(10)15(20)17-14(13)16;1-8-5-4-6-9-11(8)12(10(18)7-17(2)3)13(15)16-14(9)19;1-17(2)8-7-11(18)12-9-5-3-4-6-10(9)14(19)16-13(12)15;1-16(2)7-10(17)11-8-5-3-4-6-9(8)13(18)15-12(11)14/h2-3,6-7H,1,4-5,8-10H2,(H3,17,18,21);3-4,6-7H,5,8-9H2,1-2H3,(H3,16,17,20);4-6H,7H2,1-3H3,(H3,15,16,19);3-6H,7-8H2,1-2H3,(H3,15,16,19);3-6H,7H2,1-2H3,(H3,14,15,18). The van der Waals surface area contributed by atoms with Crippen molar-refractivity contribution in [1.82, 2.24) is 49.4 Å². The van der Waals surface area contributed by atoms with Crippen molar-refractivity contribution in [2.45, 2.75) is 45.4 Å². The molecule has 11 rings (SSSR count). The van der Waals surface area contributed by atoms with Gasteiger partial charge in [-0.2, -0.15) is 0 Å². The molecule has 0 unspecified atom stereocenters. The van der Waals surface area contributed by atoms with E-state index >= 15 is 0 Å². The summed E-state index contributed by atoms with van der Waals surface area (Å²) in [7, 11) is 15.0. The highest BCUT2D eigenvalue weighted by molar-refractivity contribution is 6.15. The van der Waals surface area contributed by atoms with Crippen molar-refractivity contribution in [3.63, 3.8) is 0 Å². The van der Waals surface area contributed by atoms with Gasteiger partial charge < -0.3 is 73.2 Å². The predicted molar refractivity (Wildman–Crippen MR) is 390 cm³/mol. The van der Waals surface area contributed by atoms with Crippen LogP contribution in [0.15, 0.2) is 139 Å². The number of H-pyrrole nitrogens is 5. The summed E-state index contributed by atoms with van der Waals surface area (Å²) in [6.07, 6.45) is 5.04. The molecule has 6 heterocycles. The van der Waals surface area contributed by atoms with E-state index in [0.29, 0.717) is 108 Å². The Kier molecular flexibility index (Phi) is 25.5. The van der Waals surface area contributed by atoms with Gasteiger partial charge in [-0.15, -0.1) is 0 Å². The molecule has 0 spiro atoms. The van der Waals surface area contributed by atoms with E-state index in [1.807, 2.05) is 85.2 Å². The zero-order valence-corrected chi connectivity index (χ0v) is 56.4. The van der Waals surface area contributed by atoms with Crippen LogP contribution < -0.4 is 56.5 Å². The normalized spacial score (nSPS) is 12.2. The summed E-state index contributed by atoms with van der Waals surface area (Å²) in [4.78, 5) is 143. The number of nitrogen functional groups attached to an aromatic ring is 5. The van der Waals surface area contributed by atoms with E-state index < -0.39 is 0 Å². The maximum Gasteiger partial charge on any atom is 0.257 e. The number of fused-ring (bicyclic) bond motifs is 5. The number of aryl methyl sites for hydroxylation is 1. The number of hydrogen-bond acceptors (Lipinski definition) is 20. The van der Waals surface area contributed by atoms with Crippen molar-refractivity contribution >= 4 is 112 Å². The molecular formula is C72H87N15O10. The lowest BCUT2D eigenvalue weighted by atomic mass is 9.99. The van der Waals surface area contributed by atoms with Crippen molar-refractivity contribution in [3.05, 3.63) is 200 Å². The number of pyridine rings is 5. The molecule has 0 atom stereocenters. The van der Waals surface area contributed by atoms with Crippen molar-refractivity contribution in [1.29, 1.82) is 0 Å². The molecule has 10 aromatic rings. The van der Waals surface area contributed by atoms with Crippen LogP contribution in [0.4, 0.5) is 29.1 Å². The first-order valence-electron chi connectivity index (χ1n) is 31.6. The summed E-state index contributed by atoms with van der Waals surface area (Å²) in [5, 5.41) is 5.61. The monoisotopic (exact) mass is 1320 g/mol. The van der Waals surface area contributed by atoms with Crippen LogP contribution >= 0.6 is 0 Å². The molecule has 510 valence electrons. The minimum Gasteiger partial charge on any atom is -0.385 e. The number of anilines is 5. The average Bonchev–Trinajstić information content (AvgIpc) is 0.815. The Morgan fingerprint density at radius 1 is 0.361 bits per heavy atom. The zero-order chi connectivity index (χ0) is 70.9. The van der Waals surface area contributed by atoms with Crippen LogP contribution in [0, 0.1) is 6.92 Å². The van der Waals surface area contributed by atoms with E-state index in [-0.39, 0.29) is 98.9 Å². The Hall–Kier alpha value is -10.7. The molecular weight excluding hydrogens is 1230 g/mol. The fourth-order valence-corrected chi connectivity index (χ4v) is 11.5. The quantitative estimate of drug-likeness (QED) is 0.0401. The number of carbonyl (C=O) groups excluding carboxylic acids is 5. The maximum absolute atomic E-state index is 12.6. The number of piperidine rings is 1. The lowest BCUT2D eigenvalue weighted by molar-refractivity contribution is 0.0914. The highest BCUT2D eigenvalue weighted by atomic mass is 16.2. The zero-order valence-electron chi connectivity index (χ0n) is 56.4. The molecule has 0 radical (unpaired) electrons. The lowest BCUT2D eigenvalue weighted by Gasteiger charge is -2.25. The summed E-state index contributed by atoms with van der Waals surface area (Å²) in [5.41, 5.74) is 30.8. The van der Waals surface area contributed by atoms with Gasteiger partial charge in [-0.05, 0) is 138 Å². The number of nitrogens with one attached hydrogen (secondary N) is 5. The van der Waals surface area contributed by atoms with E-state index in [2.05, 4.69) is 29.8 Å². The van der Waals surface area contributed by atoms with Gasteiger partial charge in [0.25, 0.3) is 27.8 Å².